The maximum Gasteiger partial charge on any atom is 0.181 e. The molecule has 24 heavy (non-hydrogen) atoms. The van der Waals surface area contributed by atoms with Gasteiger partial charge in [-0.05, 0) is 48.6 Å². The van der Waals surface area contributed by atoms with Crippen molar-refractivity contribution in [2.45, 2.75) is 31.6 Å². The zero-order chi connectivity index (χ0) is 17.1. The molecule has 1 fully saturated rings. The molecule has 0 amide bonds. The Balaban J connectivity index is 1.74. The van der Waals surface area contributed by atoms with Gasteiger partial charge in [-0.1, -0.05) is 23.7 Å². The van der Waals surface area contributed by atoms with Crippen molar-refractivity contribution in [3.63, 3.8) is 0 Å². The molecule has 0 aliphatic heterocycles. The van der Waals surface area contributed by atoms with E-state index in [0.29, 0.717) is 30.0 Å². The van der Waals surface area contributed by atoms with E-state index in [1.165, 1.54) is 12.1 Å². The molecule has 0 radical (unpaired) electrons. The number of aromatic nitrogens is 1. The van der Waals surface area contributed by atoms with Crippen LogP contribution < -0.4 is 0 Å². The van der Waals surface area contributed by atoms with Gasteiger partial charge in [-0.3, -0.25) is 14.6 Å². The summed E-state index contributed by atoms with van der Waals surface area (Å²) in [5.74, 6) is -0.664. The molecule has 0 N–H and O–H groups in total. The van der Waals surface area contributed by atoms with Gasteiger partial charge < -0.3 is 0 Å². The van der Waals surface area contributed by atoms with Gasteiger partial charge in [0.1, 0.15) is 17.3 Å². The standard InChI is InChI=1S/C19H17ClFNO2/c20-16-11-14(21)5-6-15(16)12-4-7-18(23)13(9-12)10-19(24)17-3-1-2-8-22-17/h1-3,5-6,8,11-13H,4,7,9-10H2. The summed E-state index contributed by atoms with van der Waals surface area (Å²) >= 11 is 6.15. The maximum atomic E-state index is 13.2. The Bertz CT molecular complexity index is 763. The summed E-state index contributed by atoms with van der Waals surface area (Å²) < 4.78 is 13.2. The van der Waals surface area contributed by atoms with Crippen LogP contribution in [0.1, 0.15) is 47.7 Å². The van der Waals surface area contributed by atoms with Gasteiger partial charge in [-0.2, -0.15) is 0 Å². The van der Waals surface area contributed by atoms with Crippen LogP contribution in [0.3, 0.4) is 0 Å². The van der Waals surface area contributed by atoms with E-state index in [-0.39, 0.29) is 35.6 Å². The quantitative estimate of drug-likeness (QED) is 0.761. The molecule has 124 valence electrons. The largest absolute Gasteiger partial charge is 0.299 e. The van der Waals surface area contributed by atoms with E-state index >= 15 is 0 Å². The third kappa shape index (κ3) is 3.70. The monoisotopic (exact) mass is 345 g/mol. The van der Waals surface area contributed by atoms with Gasteiger partial charge in [0.2, 0.25) is 0 Å². The molecule has 0 bridgehead atoms. The number of hydrogen-bond acceptors (Lipinski definition) is 3. The molecule has 1 saturated carbocycles. The lowest BCUT2D eigenvalue weighted by atomic mass is 9.75. The average molecular weight is 346 g/mol. The molecule has 1 heterocycles. The van der Waals surface area contributed by atoms with Gasteiger partial charge in [0.05, 0.1) is 0 Å². The lowest BCUT2D eigenvalue weighted by molar-refractivity contribution is -0.124. The highest BCUT2D eigenvalue weighted by molar-refractivity contribution is 6.31. The predicted molar refractivity (Wildman–Crippen MR) is 89.7 cm³/mol. The highest BCUT2D eigenvalue weighted by Crippen LogP contribution is 2.39. The summed E-state index contributed by atoms with van der Waals surface area (Å²) in [6.45, 7) is 0. The van der Waals surface area contributed by atoms with Crippen molar-refractivity contribution in [3.8, 4) is 0 Å². The van der Waals surface area contributed by atoms with Gasteiger partial charge >= 0.3 is 0 Å². The smallest absolute Gasteiger partial charge is 0.181 e. The molecule has 1 aliphatic carbocycles. The molecule has 2 aromatic rings. The summed E-state index contributed by atoms with van der Waals surface area (Å²) in [7, 11) is 0. The molecular weight excluding hydrogens is 329 g/mol. The van der Waals surface area contributed by atoms with Gasteiger partial charge in [0.25, 0.3) is 0 Å². The minimum atomic E-state index is -0.377. The van der Waals surface area contributed by atoms with Crippen LogP contribution in [0.5, 0.6) is 0 Å². The number of carbonyl (C=O) groups is 2. The summed E-state index contributed by atoms with van der Waals surface area (Å²) in [6, 6.07) is 9.51. The van der Waals surface area contributed by atoms with E-state index < -0.39 is 0 Å². The number of Topliss-reactive ketones (excluding diaryl/α,β-unsaturated/α-hetero) is 2. The summed E-state index contributed by atoms with van der Waals surface area (Å²) in [5, 5.41) is 0.379. The normalized spacial score (nSPS) is 20.8. The first kappa shape index (κ1) is 16.8. The number of halogens is 2. The number of carbonyl (C=O) groups excluding carboxylic acids is 2. The zero-order valence-corrected chi connectivity index (χ0v) is 13.8. The summed E-state index contributed by atoms with van der Waals surface area (Å²) in [4.78, 5) is 28.6. The third-order valence-corrected chi connectivity index (χ3v) is 4.88. The second kappa shape index (κ2) is 7.22. The Labute approximate surface area is 144 Å². The van der Waals surface area contributed by atoms with Crippen LogP contribution in [0, 0.1) is 11.7 Å². The number of ketones is 2. The second-order valence-electron chi connectivity index (χ2n) is 6.14. The fourth-order valence-electron chi connectivity index (χ4n) is 3.28. The van der Waals surface area contributed by atoms with Crippen molar-refractivity contribution in [1.29, 1.82) is 0 Å². The number of rotatable bonds is 4. The van der Waals surface area contributed by atoms with Gasteiger partial charge in [0, 0.05) is 30.0 Å². The van der Waals surface area contributed by atoms with Crippen molar-refractivity contribution in [1.82, 2.24) is 4.98 Å². The van der Waals surface area contributed by atoms with Crippen molar-refractivity contribution in [3.05, 3.63) is 64.7 Å². The van der Waals surface area contributed by atoms with Crippen LogP contribution in [-0.4, -0.2) is 16.6 Å². The van der Waals surface area contributed by atoms with Crippen molar-refractivity contribution in [2.24, 2.45) is 5.92 Å². The SMILES string of the molecule is O=C(CC1CC(c2ccc(F)cc2Cl)CCC1=O)c1ccccn1. The molecule has 2 atom stereocenters. The first-order chi connectivity index (χ1) is 11.5. The number of hydrogen-bond donors (Lipinski definition) is 0. The van der Waals surface area contributed by atoms with Crippen LogP contribution in [-0.2, 0) is 4.79 Å². The molecule has 1 aliphatic rings. The first-order valence-corrected chi connectivity index (χ1v) is 8.34. The lowest BCUT2D eigenvalue weighted by Gasteiger charge is -2.28. The van der Waals surface area contributed by atoms with E-state index in [4.69, 9.17) is 11.6 Å². The van der Waals surface area contributed by atoms with Crippen molar-refractivity contribution < 1.29 is 14.0 Å². The lowest BCUT2D eigenvalue weighted by Crippen LogP contribution is -2.26. The average Bonchev–Trinajstić information content (AvgIpc) is 2.58. The molecule has 3 nitrogen and oxygen atoms in total. The van der Waals surface area contributed by atoms with E-state index in [9.17, 15) is 14.0 Å². The third-order valence-electron chi connectivity index (χ3n) is 4.55. The molecule has 3 rings (SSSR count). The van der Waals surface area contributed by atoms with Crippen LogP contribution in [0.25, 0.3) is 0 Å². The van der Waals surface area contributed by atoms with Crippen LogP contribution in [0.4, 0.5) is 4.39 Å². The van der Waals surface area contributed by atoms with Gasteiger partial charge in [-0.15, -0.1) is 0 Å². The zero-order valence-electron chi connectivity index (χ0n) is 13.0. The fraction of sp³-hybridized carbons (Fsp3) is 0.316. The Kier molecular flexibility index (Phi) is 5.05. The molecule has 1 aromatic carbocycles. The highest BCUT2D eigenvalue weighted by atomic mass is 35.5. The van der Waals surface area contributed by atoms with Crippen LogP contribution in [0.2, 0.25) is 5.02 Å². The summed E-state index contributed by atoms with van der Waals surface area (Å²) in [6.07, 6.45) is 3.38. The molecule has 5 heteroatoms. The number of pyridine rings is 1. The maximum absolute atomic E-state index is 13.2. The van der Waals surface area contributed by atoms with Gasteiger partial charge in [0.15, 0.2) is 5.78 Å². The topological polar surface area (TPSA) is 47.0 Å². The Hall–Kier alpha value is -2.07. The van der Waals surface area contributed by atoms with Crippen molar-refractivity contribution in [2.75, 3.05) is 0 Å². The molecule has 1 aromatic heterocycles. The molecular formula is C19H17ClFNO2. The highest BCUT2D eigenvalue weighted by Gasteiger charge is 2.32. The Morgan fingerprint density at radius 3 is 2.83 bits per heavy atom. The first-order valence-electron chi connectivity index (χ1n) is 7.96. The fourth-order valence-corrected chi connectivity index (χ4v) is 3.60. The van der Waals surface area contributed by atoms with E-state index in [1.54, 1.807) is 30.5 Å². The van der Waals surface area contributed by atoms with Crippen LogP contribution in [0.15, 0.2) is 42.6 Å². The number of nitrogens with zero attached hydrogens (tertiary/aromatic N) is 1. The minimum absolute atomic E-state index is 0.0670. The van der Waals surface area contributed by atoms with E-state index in [1.807, 2.05) is 0 Å². The van der Waals surface area contributed by atoms with Crippen LogP contribution >= 0.6 is 11.6 Å². The van der Waals surface area contributed by atoms with Gasteiger partial charge in [-0.25, -0.2) is 4.39 Å². The minimum Gasteiger partial charge on any atom is -0.299 e. The van der Waals surface area contributed by atoms with E-state index in [0.717, 1.165) is 5.56 Å². The van der Waals surface area contributed by atoms with E-state index in [2.05, 4.69) is 4.98 Å². The Morgan fingerprint density at radius 1 is 1.29 bits per heavy atom. The molecule has 2 unspecified atom stereocenters. The number of benzene rings is 1. The second-order valence-corrected chi connectivity index (χ2v) is 6.55. The summed E-state index contributed by atoms with van der Waals surface area (Å²) in [5.41, 5.74) is 1.23. The Morgan fingerprint density at radius 2 is 2.12 bits per heavy atom. The molecule has 0 saturated heterocycles. The molecule has 0 spiro atoms. The predicted octanol–water partition coefficient (Wildman–Crippen LogP) is 4.60. The van der Waals surface area contributed by atoms with Crippen molar-refractivity contribution >= 4 is 23.2 Å².